The predicted molar refractivity (Wildman–Crippen MR) is 37.4 cm³/mol. The second-order valence-electron chi connectivity index (χ2n) is 1.73. The Morgan fingerprint density at radius 3 is 3.10 bits per heavy atom. The van der Waals surface area contributed by atoms with Crippen LogP contribution in [-0.4, -0.2) is 22.9 Å². The number of amides is 1. The maximum Gasteiger partial charge on any atom is 0.215 e. The van der Waals surface area contributed by atoms with Crippen LogP contribution in [-0.2, 0) is 4.79 Å². The Morgan fingerprint density at radius 1 is 1.90 bits per heavy atom. The summed E-state index contributed by atoms with van der Waals surface area (Å²) in [6.07, 6.45) is 3.85. The van der Waals surface area contributed by atoms with Gasteiger partial charge in [0.05, 0.1) is 6.33 Å². The van der Waals surface area contributed by atoms with E-state index in [1.54, 1.807) is 6.20 Å². The summed E-state index contributed by atoms with van der Waals surface area (Å²) in [5, 5.41) is 0. The zero-order valence-corrected chi connectivity index (χ0v) is 5.45. The van der Waals surface area contributed by atoms with Gasteiger partial charge in [-0.3, -0.25) is 9.69 Å². The van der Waals surface area contributed by atoms with Crippen LogP contribution in [0.3, 0.4) is 0 Å². The molecule has 1 amide bonds. The van der Waals surface area contributed by atoms with Crippen LogP contribution in [0, 0.1) is 6.92 Å². The second kappa shape index (κ2) is 3.00. The van der Waals surface area contributed by atoms with Gasteiger partial charge in [0.25, 0.3) is 0 Å². The van der Waals surface area contributed by atoms with E-state index in [1.807, 2.05) is 0 Å². The molecular formula is C6H8N3O. The van der Waals surface area contributed by atoms with Crippen molar-refractivity contribution in [3.63, 3.8) is 0 Å². The summed E-state index contributed by atoms with van der Waals surface area (Å²) in [4.78, 5) is 18.3. The van der Waals surface area contributed by atoms with E-state index in [9.17, 15) is 4.79 Å². The molecule has 0 aliphatic rings. The molecule has 4 nitrogen and oxygen atoms in total. The van der Waals surface area contributed by atoms with Gasteiger partial charge >= 0.3 is 0 Å². The van der Waals surface area contributed by atoms with Gasteiger partial charge in [-0.05, 0) is 6.92 Å². The average Bonchev–Trinajstić information content (AvgIpc) is 2.43. The molecule has 0 aliphatic heterocycles. The number of nitrogens with zero attached hydrogens (tertiary/aromatic N) is 2. The van der Waals surface area contributed by atoms with E-state index in [4.69, 9.17) is 0 Å². The van der Waals surface area contributed by atoms with E-state index in [0.29, 0.717) is 18.8 Å². The average molecular weight is 138 g/mol. The first-order valence-corrected chi connectivity index (χ1v) is 2.88. The molecule has 0 unspecified atom stereocenters. The zero-order chi connectivity index (χ0) is 7.40. The van der Waals surface area contributed by atoms with Crippen LogP contribution < -0.4 is 4.90 Å². The number of anilines is 1. The fourth-order valence-corrected chi connectivity index (χ4v) is 0.631. The molecule has 10 heavy (non-hydrogen) atoms. The van der Waals surface area contributed by atoms with Crippen molar-refractivity contribution in [1.82, 2.24) is 9.97 Å². The second-order valence-corrected chi connectivity index (χ2v) is 1.73. The lowest BCUT2D eigenvalue weighted by Crippen LogP contribution is -2.20. The molecule has 1 aromatic rings. The highest BCUT2D eigenvalue weighted by atomic mass is 16.1. The van der Waals surface area contributed by atoms with Crippen LogP contribution in [0.25, 0.3) is 0 Å². The van der Waals surface area contributed by atoms with Crippen molar-refractivity contribution in [3.05, 3.63) is 19.4 Å². The zero-order valence-electron chi connectivity index (χ0n) is 5.45. The fraction of sp³-hybridized carbons (Fsp3) is 0.167. The van der Waals surface area contributed by atoms with E-state index < -0.39 is 0 Å². The summed E-state index contributed by atoms with van der Waals surface area (Å²) < 4.78 is 0. The number of nitrogens with one attached hydrogen (secondary N) is 1. The highest BCUT2D eigenvalue weighted by Crippen LogP contribution is 2.03. The Kier molecular flexibility index (Phi) is 2.04. The first-order chi connectivity index (χ1) is 4.88. The topological polar surface area (TPSA) is 49.0 Å². The van der Waals surface area contributed by atoms with Gasteiger partial charge in [0.15, 0.2) is 5.82 Å². The van der Waals surface area contributed by atoms with Gasteiger partial charge in [0, 0.05) is 12.7 Å². The molecule has 1 aromatic heterocycles. The minimum atomic E-state index is 0.397. The van der Waals surface area contributed by atoms with E-state index in [-0.39, 0.29) is 0 Å². The molecule has 1 radical (unpaired) electrons. The molecule has 0 bridgehead atoms. The summed E-state index contributed by atoms with van der Waals surface area (Å²) in [5.41, 5.74) is 0. The van der Waals surface area contributed by atoms with E-state index >= 15 is 0 Å². The number of imidazole rings is 1. The molecule has 4 heteroatoms. The fourth-order valence-electron chi connectivity index (χ4n) is 0.631. The highest BCUT2D eigenvalue weighted by molar-refractivity contribution is 5.72. The predicted octanol–water partition coefficient (Wildman–Crippen LogP) is 0.207. The van der Waals surface area contributed by atoms with Crippen LogP contribution in [0.5, 0.6) is 0 Å². The molecule has 0 atom stereocenters. The summed E-state index contributed by atoms with van der Waals surface area (Å²) in [6, 6.07) is 0. The number of hydrogen-bond acceptors (Lipinski definition) is 2. The number of aromatic nitrogens is 2. The Bertz CT molecular complexity index is 195. The van der Waals surface area contributed by atoms with E-state index in [0.717, 1.165) is 0 Å². The molecule has 53 valence electrons. The molecule has 1 heterocycles. The number of carbonyl (C=O) groups is 1. The molecule has 0 fully saturated rings. The van der Waals surface area contributed by atoms with Crippen molar-refractivity contribution < 1.29 is 4.79 Å². The van der Waals surface area contributed by atoms with Gasteiger partial charge < -0.3 is 4.98 Å². The molecule has 0 saturated carbocycles. The lowest BCUT2D eigenvalue weighted by molar-refractivity contribution is -0.107. The Labute approximate surface area is 58.9 Å². The maximum atomic E-state index is 10.3. The SMILES string of the molecule is [CH2]CN(C=O)c1c[nH]cn1. The maximum absolute atomic E-state index is 10.3. The molecule has 1 N–H and O–H groups in total. The summed E-state index contributed by atoms with van der Waals surface area (Å²) in [7, 11) is 0. The van der Waals surface area contributed by atoms with Crippen molar-refractivity contribution in [2.45, 2.75) is 0 Å². The van der Waals surface area contributed by atoms with Crippen molar-refractivity contribution in [2.75, 3.05) is 11.4 Å². The van der Waals surface area contributed by atoms with Crippen LogP contribution in [0.4, 0.5) is 5.82 Å². The minimum absolute atomic E-state index is 0.397. The number of hydrogen-bond donors (Lipinski definition) is 1. The van der Waals surface area contributed by atoms with Gasteiger partial charge in [-0.25, -0.2) is 4.98 Å². The first kappa shape index (κ1) is 6.80. The number of rotatable bonds is 3. The van der Waals surface area contributed by atoms with Gasteiger partial charge in [-0.1, -0.05) is 0 Å². The van der Waals surface area contributed by atoms with Crippen molar-refractivity contribution in [3.8, 4) is 0 Å². The van der Waals surface area contributed by atoms with Gasteiger partial charge in [-0.2, -0.15) is 0 Å². The standard InChI is InChI=1S/C6H8N3O/c1-2-9(5-10)6-3-7-4-8-6/h3-5H,1-2H2,(H,7,8). The van der Waals surface area contributed by atoms with E-state index in [2.05, 4.69) is 16.9 Å². The third kappa shape index (κ3) is 1.15. The van der Waals surface area contributed by atoms with Crippen molar-refractivity contribution in [1.29, 1.82) is 0 Å². The van der Waals surface area contributed by atoms with Gasteiger partial charge in [-0.15, -0.1) is 0 Å². The molecule has 0 spiro atoms. The summed E-state index contributed by atoms with van der Waals surface area (Å²) >= 11 is 0. The molecule has 0 saturated heterocycles. The third-order valence-corrected chi connectivity index (χ3v) is 1.15. The van der Waals surface area contributed by atoms with E-state index in [1.165, 1.54) is 11.2 Å². The number of H-pyrrole nitrogens is 1. The van der Waals surface area contributed by atoms with Gasteiger partial charge in [0.2, 0.25) is 6.41 Å². The number of aromatic amines is 1. The Morgan fingerprint density at radius 2 is 2.70 bits per heavy atom. The Balaban J connectivity index is 2.73. The molecule has 0 aromatic carbocycles. The quantitative estimate of drug-likeness (QED) is 0.607. The molecule has 0 aliphatic carbocycles. The lowest BCUT2D eigenvalue weighted by Gasteiger charge is -2.08. The smallest absolute Gasteiger partial charge is 0.215 e. The van der Waals surface area contributed by atoms with Crippen LogP contribution in [0.1, 0.15) is 0 Å². The molecular weight excluding hydrogens is 130 g/mol. The van der Waals surface area contributed by atoms with Crippen molar-refractivity contribution in [2.24, 2.45) is 0 Å². The van der Waals surface area contributed by atoms with Crippen molar-refractivity contribution >= 4 is 12.2 Å². The first-order valence-electron chi connectivity index (χ1n) is 2.88. The largest absolute Gasteiger partial charge is 0.349 e. The third-order valence-electron chi connectivity index (χ3n) is 1.15. The van der Waals surface area contributed by atoms with Gasteiger partial charge in [0.1, 0.15) is 0 Å². The monoisotopic (exact) mass is 138 g/mol. The van der Waals surface area contributed by atoms with Crippen LogP contribution in [0.15, 0.2) is 12.5 Å². The summed E-state index contributed by atoms with van der Waals surface area (Å²) in [5.74, 6) is 0.602. The van der Waals surface area contributed by atoms with Crippen LogP contribution in [0.2, 0.25) is 0 Å². The lowest BCUT2D eigenvalue weighted by atomic mass is 10.6. The minimum Gasteiger partial charge on any atom is -0.349 e. The summed E-state index contributed by atoms with van der Waals surface area (Å²) in [6.45, 7) is 3.95. The normalized spacial score (nSPS) is 9.30. The Hall–Kier alpha value is -1.32. The number of carbonyl (C=O) groups excluding carboxylic acids is 1. The molecule has 1 rings (SSSR count). The van der Waals surface area contributed by atoms with Crippen LogP contribution >= 0.6 is 0 Å². The highest BCUT2D eigenvalue weighted by Gasteiger charge is 2.01.